The molecule has 10 atom stereocenters. The van der Waals surface area contributed by atoms with E-state index in [1.165, 1.54) is 0 Å². The summed E-state index contributed by atoms with van der Waals surface area (Å²) in [6.07, 6.45) is -1.04. The summed E-state index contributed by atoms with van der Waals surface area (Å²) in [4.78, 5) is 0. The Morgan fingerprint density at radius 2 is 1.12 bits per heavy atom. The molecule has 216 valence electrons. The van der Waals surface area contributed by atoms with E-state index in [1.807, 2.05) is 6.92 Å². The Bertz CT molecular complexity index is 1210. The maximum atomic E-state index is 11.7. The molecule has 18 heteroatoms. The second-order valence-corrected chi connectivity index (χ2v) is 15.3. The van der Waals surface area contributed by atoms with Crippen LogP contribution < -0.4 is 88.7 Å². The zero-order valence-electron chi connectivity index (χ0n) is 24.3. The molecule has 4 aliphatic carbocycles. The molecule has 0 bridgehead atoms. The van der Waals surface area contributed by atoms with E-state index < -0.39 is 60.8 Å². The molecule has 0 unspecified atom stereocenters. The van der Waals surface area contributed by atoms with Gasteiger partial charge in [0.1, 0.15) is 12.2 Å². The first-order valence-electron chi connectivity index (χ1n) is 12.7. The van der Waals surface area contributed by atoms with Gasteiger partial charge >= 0.3 is 88.7 Å². The Balaban J connectivity index is 0.00000267. The third-order valence-electron chi connectivity index (χ3n) is 10.2. The van der Waals surface area contributed by atoms with Crippen molar-refractivity contribution in [1.82, 2.24) is 0 Å². The molecule has 0 radical (unpaired) electrons. The molecule has 4 aliphatic rings. The molecular weight excluding hydrogens is 621 g/mol. The average Bonchev–Trinajstić information content (AvgIpc) is 3.03. The Hall–Kier alpha value is 2.61. The van der Waals surface area contributed by atoms with Crippen LogP contribution in [0.3, 0.4) is 0 Å². The van der Waals surface area contributed by atoms with Crippen molar-refractivity contribution in [2.45, 2.75) is 91.0 Å². The maximum absolute atomic E-state index is 11.7. The van der Waals surface area contributed by atoms with Gasteiger partial charge in [0.2, 0.25) is 31.2 Å². The minimum Gasteiger partial charge on any atom is -0.726 e. The minimum atomic E-state index is -5.33. The van der Waals surface area contributed by atoms with E-state index in [4.69, 9.17) is 4.18 Å². The van der Waals surface area contributed by atoms with Gasteiger partial charge in [-0.15, -0.1) is 0 Å². The minimum absolute atomic E-state index is 0. The molecule has 12 nitrogen and oxygen atoms in total. The van der Waals surface area contributed by atoms with Crippen molar-refractivity contribution < 1.29 is 140 Å². The van der Waals surface area contributed by atoms with E-state index in [0.717, 1.165) is 25.7 Å². The van der Waals surface area contributed by atoms with E-state index in [0.29, 0.717) is 11.8 Å². The second kappa shape index (κ2) is 14.2. The van der Waals surface area contributed by atoms with Crippen LogP contribution in [0.25, 0.3) is 0 Å². The van der Waals surface area contributed by atoms with Crippen LogP contribution in [0, 0.1) is 46.3 Å². The molecule has 0 amide bonds. The fraction of sp³-hybridized carbons (Fsp3) is 1.00. The van der Waals surface area contributed by atoms with Gasteiger partial charge in [0.25, 0.3) is 0 Å². The summed E-state index contributed by atoms with van der Waals surface area (Å²) in [5, 5.41) is 0. The molecule has 0 aromatic heterocycles. The van der Waals surface area contributed by atoms with E-state index in [2.05, 4.69) is 29.1 Å². The number of rotatable bonds is 7. The predicted molar refractivity (Wildman–Crippen MR) is 125 cm³/mol. The van der Waals surface area contributed by atoms with Crippen LogP contribution in [0.15, 0.2) is 0 Å². The zero-order chi connectivity index (χ0) is 27.8. The van der Waals surface area contributed by atoms with Gasteiger partial charge in [-0.1, -0.05) is 27.7 Å². The summed E-state index contributed by atoms with van der Waals surface area (Å²) in [5.74, 6) is 0.288. The fourth-order valence-electron chi connectivity index (χ4n) is 9.15. The Morgan fingerprint density at radius 3 is 1.62 bits per heavy atom. The van der Waals surface area contributed by atoms with Crippen molar-refractivity contribution in [1.29, 1.82) is 0 Å². The van der Waals surface area contributed by atoms with Crippen LogP contribution in [0.4, 0.5) is 0 Å². The summed E-state index contributed by atoms with van der Waals surface area (Å²) >= 11 is 0. The third kappa shape index (κ3) is 8.69. The largest absolute Gasteiger partial charge is 1.00 e. The summed E-state index contributed by atoms with van der Waals surface area (Å²) in [6, 6.07) is 0. The van der Waals surface area contributed by atoms with Crippen molar-refractivity contribution in [3.8, 4) is 0 Å². The molecule has 4 saturated carbocycles. The third-order valence-corrected chi connectivity index (χ3v) is 11.7. The normalized spacial score (nSPS) is 41.4. The predicted octanol–water partition coefficient (Wildman–Crippen LogP) is -6.93. The molecule has 0 aliphatic heterocycles. The van der Waals surface area contributed by atoms with E-state index >= 15 is 0 Å². The molecule has 0 N–H and O–H groups in total. The van der Waals surface area contributed by atoms with Crippen molar-refractivity contribution in [3.63, 3.8) is 0 Å². The van der Waals surface area contributed by atoms with Crippen LogP contribution in [0.2, 0.25) is 0 Å². The summed E-state index contributed by atoms with van der Waals surface area (Å²) < 4.78 is 118. The molecule has 0 heterocycles. The van der Waals surface area contributed by atoms with Gasteiger partial charge in [-0.3, -0.25) is 12.5 Å². The molecule has 4 fully saturated rings. The fourth-order valence-corrected chi connectivity index (χ4v) is 10.7. The Labute approximate surface area is 304 Å². The second-order valence-electron chi connectivity index (χ2n) is 12.3. The van der Waals surface area contributed by atoms with Crippen molar-refractivity contribution in [2.24, 2.45) is 46.3 Å². The smallest absolute Gasteiger partial charge is 0.726 e. The molecule has 4 rings (SSSR count). The number of fused-ring (bicyclic) bond motifs is 5. The first-order valence-corrected chi connectivity index (χ1v) is 16.7. The van der Waals surface area contributed by atoms with Crippen LogP contribution in [-0.2, 0) is 43.7 Å². The maximum Gasteiger partial charge on any atom is 1.00 e. The van der Waals surface area contributed by atoms with Gasteiger partial charge < -0.3 is 13.7 Å². The first kappa shape index (κ1) is 40.6. The van der Waals surface area contributed by atoms with Crippen LogP contribution >= 0.6 is 0 Å². The standard InChI is InChI=1S/C22H38O12S3.3Na/c1-12(2)14-5-6-15-13-9-18(32-35(23,24)25)17-10-19(33-36(26,27)28)20(34-37(29,30)31)11-22(17,4)16(13)7-8-21(14,15)3;;;/h12-20H,5-11H2,1-4H3,(H,23,24,25)(H,26,27,28)(H,29,30,31);;;/q;3*+1/p-3/t13-,14+,15-,16-,17+,18-,19-,20-,21+,22+;;;/m0.../s1. The molecule has 0 aromatic rings. The van der Waals surface area contributed by atoms with Crippen molar-refractivity contribution in [3.05, 3.63) is 0 Å². The molecule has 0 spiro atoms. The Morgan fingerprint density at radius 1 is 0.650 bits per heavy atom. The Kier molecular flexibility index (Phi) is 14.4. The average molecular weight is 657 g/mol. The SMILES string of the molecule is CC(C)[C@H]1CC[C@H]2[C@@H]3C[C@H](OS(=O)(=O)[O-])[C@H]4C[C@H](OS(=O)(=O)[O-])[C@@H](OS(=O)(=O)[O-])C[C@]4(C)[C@H]3CC[C@]12C.[Na+].[Na+].[Na+]. The van der Waals surface area contributed by atoms with E-state index in [9.17, 15) is 38.9 Å². The summed E-state index contributed by atoms with van der Waals surface area (Å²) in [5.41, 5.74) is -0.873. The van der Waals surface area contributed by atoms with Crippen LogP contribution in [-0.4, -0.2) is 57.2 Å². The molecule has 0 aromatic carbocycles. The van der Waals surface area contributed by atoms with Crippen molar-refractivity contribution >= 4 is 31.2 Å². The van der Waals surface area contributed by atoms with E-state index in [-0.39, 0.29) is 131 Å². The van der Waals surface area contributed by atoms with Crippen LogP contribution in [0.1, 0.15) is 72.6 Å². The molecule has 0 saturated heterocycles. The van der Waals surface area contributed by atoms with E-state index in [1.54, 1.807) is 0 Å². The van der Waals surface area contributed by atoms with Crippen LogP contribution in [0.5, 0.6) is 0 Å². The van der Waals surface area contributed by atoms with Gasteiger partial charge in [-0.05, 0) is 91.3 Å². The zero-order valence-corrected chi connectivity index (χ0v) is 32.7. The van der Waals surface area contributed by atoms with Crippen molar-refractivity contribution in [2.75, 3.05) is 0 Å². The topological polar surface area (TPSA) is 199 Å². The monoisotopic (exact) mass is 656 g/mol. The molecular formula is C22H35Na3O12S3. The first-order chi connectivity index (χ1) is 16.7. The van der Waals surface area contributed by atoms with Gasteiger partial charge in [0.15, 0.2) is 0 Å². The summed E-state index contributed by atoms with van der Waals surface area (Å²) in [6.45, 7) is 8.46. The van der Waals surface area contributed by atoms with Gasteiger partial charge in [0.05, 0.1) is 6.10 Å². The van der Waals surface area contributed by atoms with Gasteiger partial charge in [0, 0.05) is 0 Å². The van der Waals surface area contributed by atoms with Gasteiger partial charge in [-0.25, -0.2) is 25.3 Å². The van der Waals surface area contributed by atoms with Gasteiger partial charge in [-0.2, -0.15) is 0 Å². The number of hydrogen-bond acceptors (Lipinski definition) is 12. The number of hydrogen-bond donors (Lipinski definition) is 0. The molecule has 40 heavy (non-hydrogen) atoms. The quantitative estimate of drug-likeness (QED) is 0.143. The summed E-state index contributed by atoms with van der Waals surface area (Å²) in [7, 11) is -15.8.